The zero-order chi connectivity index (χ0) is 20.4. The first-order valence-corrected chi connectivity index (χ1v) is 9.31. The van der Waals surface area contributed by atoms with Crippen molar-refractivity contribution in [1.29, 1.82) is 0 Å². The average molecular weight is 409 g/mol. The Morgan fingerprint density at radius 2 is 1.89 bits per heavy atom. The van der Waals surface area contributed by atoms with Crippen molar-refractivity contribution in [1.82, 2.24) is 20.6 Å². The molecule has 9 heteroatoms. The number of unbranched alkanes of at least 4 members (excludes halogenated alkanes) is 1. The number of amides is 2. The van der Waals surface area contributed by atoms with Gasteiger partial charge in [0.25, 0.3) is 11.8 Å². The Labute approximate surface area is 167 Å². The zero-order valence-electron chi connectivity index (χ0n) is 15.5. The van der Waals surface area contributed by atoms with Crippen LogP contribution >= 0.6 is 11.6 Å². The first kappa shape index (κ1) is 21.6. The van der Waals surface area contributed by atoms with E-state index in [4.69, 9.17) is 16.3 Å². The third kappa shape index (κ3) is 7.11. The SMILES string of the molecule is CCc1cnc(C(=O)NCCCCNC(=O)COc2ccc(Cl)c(F)c2)cn1. The average Bonchev–Trinajstić information content (AvgIpc) is 2.71. The molecule has 0 radical (unpaired) electrons. The fourth-order valence-electron chi connectivity index (χ4n) is 2.19. The molecule has 2 rings (SSSR count). The number of ether oxygens (including phenoxy) is 1. The number of aryl methyl sites for hydroxylation is 1. The predicted molar refractivity (Wildman–Crippen MR) is 103 cm³/mol. The molecule has 0 aliphatic heterocycles. The first-order chi connectivity index (χ1) is 13.5. The van der Waals surface area contributed by atoms with Crippen molar-refractivity contribution in [3.8, 4) is 5.75 Å². The summed E-state index contributed by atoms with van der Waals surface area (Å²) in [5.74, 6) is -0.961. The van der Waals surface area contributed by atoms with Crippen LogP contribution < -0.4 is 15.4 Å². The Kier molecular flexibility index (Phi) is 8.61. The molecule has 1 aromatic carbocycles. The molecule has 28 heavy (non-hydrogen) atoms. The Bertz CT molecular complexity index is 802. The normalized spacial score (nSPS) is 10.4. The fourth-order valence-corrected chi connectivity index (χ4v) is 2.31. The molecule has 0 fully saturated rings. The van der Waals surface area contributed by atoms with Crippen LogP contribution in [0.3, 0.4) is 0 Å². The lowest BCUT2D eigenvalue weighted by Gasteiger charge is -2.08. The second kappa shape index (κ2) is 11.2. The van der Waals surface area contributed by atoms with Gasteiger partial charge in [-0.05, 0) is 31.4 Å². The van der Waals surface area contributed by atoms with E-state index in [0.29, 0.717) is 25.9 Å². The maximum Gasteiger partial charge on any atom is 0.271 e. The van der Waals surface area contributed by atoms with Crippen LogP contribution in [0.15, 0.2) is 30.6 Å². The monoisotopic (exact) mass is 408 g/mol. The number of rotatable bonds is 10. The summed E-state index contributed by atoms with van der Waals surface area (Å²) < 4.78 is 18.5. The molecular formula is C19H22ClFN4O3. The van der Waals surface area contributed by atoms with Gasteiger partial charge in [-0.25, -0.2) is 9.37 Å². The smallest absolute Gasteiger partial charge is 0.271 e. The van der Waals surface area contributed by atoms with Crippen LogP contribution in [0.4, 0.5) is 4.39 Å². The van der Waals surface area contributed by atoms with E-state index in [2.05, 4.69) is 20.6 Å². The second-order valence-electron chi connectivity index (χ2n) is 5.92. The minimum absolute atomic E-state index is 0.00564. The third-order valence-corrected chi connectivity index (χ3v) is 4.08. The summed E-state index contributed by atoms with van der Waals surface area (Å²) in [6.07, 6.45) is 5.19. The van der Waals surface area contributed by atoms with Gasteiger partial charge in [-0.1, -0.05) is 18.5 Å². The summed E-state index contributed by atoms with van der Waals surface area (Å²) in [7, 11) is 0. The van der Waals surface area contributed by atoms with Crippen molar-refractivity contribution >= 4 is 23.4 Å². The van der Waals surface area contributed by atoms with Crippen LogP contribution in [-0.2, 0) is 11.2 Å². The molecule has 2 N–H and O–H groups in total. The number of nitrogens with one attached hydrogen (secondary N) is 2. The highest BCUT2D eigenvalue weighted by Crippen LogP contribution is 2.20. The number of carbonyl (C=O) groups excluding carboxylic acids is 2. The van der Waals surface area contributed by atoms with Crippen LogP contribution in [0.5, 0.6) is 5.75 Å². The van der Waals surface area contributed by atoms with E-state index in [0.717, 1.165) is 18.2 Å². The molecule has 1 heterocycles. The molecule has 0 aliphatic rings. The van der Waals surface area contributed by atoms with E-state index in [1.165, 1.54) is 18.3 Å². The van der Waals surface area contributed by atoms with Crippen molar-refractivity contribution in [2.75, 3.05) is 19.7 Å². The molecule has 0 spiro atoms. The Hall–Kier alpha value is -2.74. The highest BCUT2D eigenvalue weighted by atomic mass is 35.5. The van der Waals surface area contributed by atoms with Crippen LogP contribution in [0.25, 0.3) is 0 Å². The number of hydrogen-bond donors (Lipinski definition) is 2. The standard InChI is InChI=1S/C19H22ClFN4O3/c1-2-13-10-25-17(11-24-13)19(27)23-8-4-3-7-22-18(26)12-28-14-5-6-15(20)16(21)9-14/h5-6,9-11H,2-4,7-8,12H2,1H3,(H,22,26)(H,23,27). The predicted octanol–water partition coefficient (Wildman–Crippen LogP) is 2.54. The van der Waals surface area contributed by atoms with Crippen molar-refractivity contribution in [3.05, 3.63) is 52.8 Å². The molecule has 0 bridgehead atoms. The molecule has 0 saturated carbocycles. The van der Waals surface area contributed by atoms with E-state index < -0.39 is 5.82 Å². The molecule has 150 valence electrons. The van der Waals surface area contributed by atoms with Crippen molar-refractivity contribution in [2.24, 2.45) is 0 Å². The summed E-state index contributed by atoms with van der Waals surface area (Å²) in [4.78, 5) is 31.8. The number of nitrogens with zero attached hydrogens (tertiary/aromatic N) is 2. The zero-order valence-corrected chi connectivity index (χ0v) is 16.3. The van der Waals surface area contributed by atoms with Crippen LogP contribution in [0.1, 0.15) is 35.9 Å². The molecule has 0 unspecified atom stereocenters. The number of carbonyl (C=O) groups is 2. The van der Waals surface area contributed by atoms with Gasteiger partial charge < -0.3 is 15.4 Å². The van der Waals surface area contributed by atoms with Crippen LogP contribution in [0.2, 0.25) is 5.02 Å². The van der Waals surface area contributed by atoms with Crippen molar-refractivity contribution in [3.63, 3.8) is 0 Å². The fraction of sp³-hybridized carbons (Fsp3) is 0.368. The summed E-state index contributed by atoms with van der Waals surface area (Å²) in [6, 6.07) is 3.97. The molecular weight excluding hydrogens is 387 g/mol. The highest BCUT2D eigenvalue weighted by Gasteiger charge is 2.07. The summed E-state index contributed by atoms with van der Waals surface area (Å²) in [5, 5.41) is 5.44. The van der Waals surface area contributed by atoms with E-state index in [1.54, 1.807) is 6.20 Å². The molecule has 0 saturated heterocycles. The first-order valence-electron chi connectivity index (χ1n) is 8.93. The van der Waals surface area contributed by atoms with Gasteiger partial charge >= 0.3 is 0 Å². The second-order valence-corrected chi connectivity index (χ2v) is 6.33. The lowest BCUT2D eigenvalue weighted by molar-refractivity contribution is -0.123. The maximum absolute atomic E-state index is 13.3. The lowest BCUT2D eigenvalue weighted by Crippen LogP contribution is -2.30. The quantitative estimate of drug-likeness (QED) is 0.589. The summed E-state index contributed by atoms with van der Waals surface area (Å²) >= 11 is 5.58. The number of aromatic nitrogens is 2. The van der Waals surface area contributed by atoms with Crippen molar-refractivity contribution < 1.29 is 18.7 Å². The topological polar surface area (TPSA) is 93.2 Å². The van der Waals surface area contributed by atoms with E-state index in [1.807, 2.05) is 6.92 Å². The molecule has 2 aromatic rings. The molecule has 1 aromatic heterocycles. The maximum atomic E-state index is 13.3. The van der Waals surface area contributed by atoms with Gasteiger partial charge in [0.1, 0.15) is 17.3 Å². The van der Waals surface area contributed by atoms with Crippen LogP contribution in [0, 0.1) is 5.82 Å². The van der Waals surface area contributed by atoms with E-state index >= 15 is 0 Å². The molecule has 7 nitrogen and oxygen atoms in total. The van der Waals surface area contributed by atoms with E-state index in [-0.39, 0.29) is 34.9 Å². The molecule has 0 aliphatic carbocycles. The minimum atomic E-state index is -0.603. The Morgan fingerprint density at radius 1 is 1.14 bits per heavy atom. The molecule has 0 atom stereocenters. The summed E-state index contributed by atoms with van der Waals surface area (Å²) in [5.41, 5.74) is 1.11. The number of halogens is 2. The van der Waals surface area contributed by atoms with E-state index in [9.17, 15) is 14.0 Å². The van der Waals surface area contributed by atoms with Gasteiger partial charge in [-0.3, -0.25) is 14.6 Å². The number of hydrogen-bond acceptors (Lipinski definition) is 5. The van der Waals surface area contributed by atoms with Crippen LogP contribution in [-0.4, -0.2) is 41.5 Å². The van der Waals surface area contributed by atoms with Gasteiger partial charge in [0, 0.05) is 25.4 Å². The minimum Gasteiger partial charge on any atom is -0.484 e. The van der Waals surface area contributed by atoms with Gasteiger partial charge in [-0.2, -0.15) is 0 Å². The lowest BCUT2D eigenvalue weighted by atomic mass is 10.3. The molecule has 2 amide bonds. The summed E-state index contributed by atoms with van der Waals surface area (Å²) in [6.45, 7) is 2.65. The van der Waals surface area contributed by atoms with Gasteiger partial charge in [0.2, 0.25) is 0 Å². The highest BCUT2D eigenvalue weighted by molar-refractivity contribution is 6.30. The van der Waals surface area contributed by atoms with Crippen molar-refractivity contribution in [2.45, 2.75) is 26.2 Å². The van der Waals surface area contributed by atoms with Gasteiger partial charge in [0.05, 0.1) is 16.9 Å². The Balaban J connectivity index is 1.56. The van der Waals surface area contributed by atoms with Gasteiger partial charge in [0.15, 0.2) is 6.61 Å². The largest absolute Gasteiger partial charge is 0.484 e. The third-order valence-electron chi connectivity index (χ3n) is 3.77. The van der Waals surface area contributed by atoms with Gasteiger partial charge in [-0.15, -0.1) is 0 Å². The Morgan fingerprint density at radius 3 is 2.54 bits per heavy atom. The number of benzene rings is 1.